The zero-order chi connectivity index (χ0) is 56.5. The van der Waals surface area contributed by atoms with E-state index in [0.717, 1.165) is 5.56 Å². The van der Waals surface area contributed by atoms with Gasteiger partial charge in [-0.05, 0) is 77.5 Å². The average molecular weight is 1100 g/mol. The van der Waals surface area contributed by atoms with Crippen LogP contribution in [0.3, 0.4) is 0 Å². The molecular weight excluding hydrogens is 1000 g/mol. The van der Waals surface area contributed by atoms with Crippen molar-refractivity contribution in [3.8, 4) is 0 Å². The van der Waals surface area contributed by atoms with Crippen molar-refractivity contribution in [2.24, 2.45) is 46.6 Å². The maximum absolute atomic E-state index is 15.3. The highest BCUT2D eigenvalue weighted by Crippen LogP contribution is 2.39. The summed E-state index contributed by atoms with van der Waals surface area (Å²) in [5.74, 6) is -7.53. The molecule has 3 N–H and O–H groups in total. The highest BCUT2D eigenvalue weighted by atomic mass is 19.1. The number of benzene rings is 1. The van der Waals surface area contributed by atoms with E-state index in [4.69, 9.17) is 52.2 Å². The number of aliphatic hydroxyl groups is 3. The number of methoxy groups -OCH3 is 2. The highest BCUT2D eigenvalue weighted by molar-refractivity contribution is 5.90. The van der Waals surface area contributed by atoms with Gasteiger partial charge in [-0.2, -0.15) is 0 Å². The number of ketones is 1. The summed E-state index contributed by atoms with van der Waals surface area (Å²) in [4.78, 5) is 51.4. The molecule has 4 fully saturated rings. The van der Waals surface area contributed by atoms with E-state index in [2.05, 4.69) is 17.0 Å². The minimum Gasteiger partial charge on any atom is -0.461 e. The molecule has 77 heavy (non-hydrogen) atoms. The molecule has 22 atom stereocenters. The molecule has 0 bridgehead atoms. The van der Waals surface area contributed by atoms with Gasteiger partial charge < -0.3 is 67.5 Å². The normalized spacial score (nSPS) is 40.2. The molecule has 4 aliphatic rings. The minimum atomic E-state index is -2.05. The summed E-state index contributed by atoms with van der Waals surface area (Å²) in [6.07, 6.45) is -12.6. The van der Waals surface area contributed by atoms with Gasteiger partial charge in [0.15, 0.2) is 24.7 Å². The van der Waals surface area contributed by atoms with E-state index in [-0.39, 0.29) is 57.2 Å². The van der Waals surface area contributed by atoms with E-state index in [0.29, 0.717) is 25.2 Å². The largest absolute Gasteiger partial charge is 0.461 e. The fourth-order valence-corrected chi connectivity index (χ4v) is 11.6. The first-order valence-electron chi connectivity index (χ1n) is 27.3. The molecule has 0 amide bonds. The molecule has 4 aliphatic heterocycles. The number of Topliss-reactive ketones (excluding diaryl/α,β-unsaturated/α-hetero) is 1. The van der Waals surface area contributed by atoms with Crippen molar-refractivity contribution in [1.29, 1.82) is 0 Å². The predicted molar refractivity (Wildman–Crippen MR) is 283 cm³/mol. The number of hydrogen-bond acceptors (Lipinski definition) is 19. The summed E-state index contributed by atoms with van der Waals surface area (Å²) in [6.45, 7) is 24.1. The zero-order valence-corrected chi connectivity index (χ0v) is 47.8. The van der Waals surface area contributed by atoms with Gasteiger partial charge in [-0.25, -0.2) is 4.39 Å². The van der Waals surface area contributed by atoms with Gasteiger partial charge in [0.2, 0.25) is 0 Å². The zero-order valence-electron chi connectivity index (χ0n) is 47.8. The Bertz CT molecular complexity index is 2030. The standard InChI is InChI=1S/C56H91FN2O17.CH4/c1-28(2)21-42(60)73-48-35(9)47(30(4)27-69-55-51(67-15)50(66-14)44(61)38(12)72-55)75-53(64)37(11)49(74-43-22-31(5)59(25-33(7)70-43)26-39-17-19-40(57)20-18-39)34(8)46(29(3)24-56(13,65)52(63)36(48)10)76-54-45(62)41(58-68-16)23-32(6)71-54;/h17-20,28-38,43-51,54-55,61-62,65H,21-27H2,1-16H3;1H4/b58-41+;/t29-,30-,31?,32+,33-,34+,35-,36+,37+,38+,43-,44+,45+,46-,47+,48+,49-,50+,51+,54-,55+,56-;/m0./s1. The van der Waals surface area contributed by atoms with Crippen LogP contribution in [-0.4, -0.2) is 176 Å². The Hall–Kier alpha value is -3.25. The maximum Gasteiger partial charge on any atom is 0.311 e. The van der Waals surface area contributed by atoms with Gasteiger partial charge in [-0.1, -0.05) is 73.2 Å². The molecule has 442 valence electrons. The quantitative estimate of drug-likeness (QED) is 0.117. The first kappa shape index (κ1) is 66.3. The first-order chi connectivity index (χ1) is 35.7. The highest BCUT2D eigenvalue weighted by Gasteiger charge is 2.51. The SMILES string of the molecule is C.CO/N=C1\C[C@@H](C)O[C@@H](O[C@@H]2[C@@H](C)[C@H](O[C@H]3CC(C)N(Cc4ccc(F)cc4)C[C@H](C)O3)[C@@H](C)C(=O)O[C@H]([C@@H](C)CO[C@@H]3O[C@H](C)[C@@H](O)[C@@H](OC)[C@H]3OC)[C@H](C)[C@@H](OC(=O)CC(C)C)[C@@H](C)C(=O)[C@@](C)(O)C[C@@H]2C)[C@@H]1O. The summed E-state index contributed by atoms with van der Waals surface area (Å²) in [7, 11) is 4.28. The number of carbonyl (C=O) groups is 3. The van der Waals surface area contributed by atoms with Gasteiger partial charge >= 0.3 is 11.9 Å². The smallest absolute Gasteiger partial charge is 0.311 e. The number of esters is 2. The molecule has 19 nitrogen and oxygen atoms in total. The number of hydrogen-bond donors (Lipinski definition) is 3. The van der Waals surface area contributed by atoms with Gasteiger partial charge in [0, 0.05) is 70.4 Å². The number of carbonyl (C=O) groups excluding carboxylic acids is 3. The summed E-state index contributed by atoms with van der Waals surface area (Å²) < 4.78 is 77.5. The molecular formula is C57H95FN2O17. The second kappa shape index (κ2) is 29.5. The summed E-state index contributed by atoms with van der Waals surface area (Å²) >= 11 is 0. The summed E-state index contributed by atoms with van der Waals surface area (Å²) in [5.41, 5.74) is -0.831. The van der Waals surface area contributed by atoms with Crippen molar-refractivity contribution in [3.63, 3.8) is 0 Å². The third-order valence-corrected chi connectivity index (χ3v) is 15.7. The molecule has 0 aliphatic carbocycles. The molecule has 0 saturated carbocycles. The molecule has 4 heterocycles. The van der Waals surface area contributed by atoms with E-state index in [1.165, 1.54) is 40.4 Å². The lowest BCUT2D eigenvalue weighted by Gasteiger charge is -2.44. The third-order valence-electron chi connectivity index (χ3n) is 15.7. The second-order valence-electron chi connectivity index (χ2n) is 22.9. The number of halogens is 1. The number of nitrogens with zero attached hydrogens (tertiary/aromatic N) is 2. The van der Waals surface area contributed by atoms with Gasteiger partial charge in [0.1, 0.15) is 55.2 Å². The van der Waals surface area contributed by atoms with Crippen LogP contribution in [0.15, 0.2) is 29.4 Å². The van der Waals surface area contributed by atoms with Crippen LogP contribution < -0.4 is 0 Å². The third kappa shape index (κ3) is 17.1. The molecule has 0 spiro atoms. The molecule has 1 aromatic carbocycles. The number of oxime groups is 1. The van der Waals surface area contributed by atoms with Gasteiger partial charge in [-0.15, -0.1) is 0 Å². The van der Waals surface area contributed by atoms with Crippen LogP contribution in [0.1, 0.15) is 129 Å². The topological polar surface area (TPSA) is 229 Å². The van der Waals surface area contributed by atoms with E-state index >= 15 is 4.79 Å². The minimum absolute atomic E-state index is 0. The lowest BCUT2D eigenvalue weighted by atomic mass is 9.74. The number of ether oxygens (including phenoxy) is 10. The molecule has 0 radical (unpaired) electrons. The van der Waals surface area contributed by atoms with Gasteiger partial charge in [0.05, 0.1) is 54.7 Å². The lowest BCUT2D eigenvalue weighted by Crippen LogP contribution is -2.59. The van der Waals surface area contributed by atoms with Crippen LogP contribution in [0, 0.1) is 47.2 Å². The predicted octanol–water partition coefficient (Wildman–Crippen LogP) is 6.62. The van der Waals surface area contributed by atoms with Gasteiger partial charge in [-0.3, -0.25) is 19.3 Å². The fourth-order valence-electron chi connectivity index (χ4n) is 11.6. The van der Waals surface area contributed by atoms with Crippen molar-refractivity contribution < 1.29 is 86.3 Å². The molecule has 4 saturated heterocycles. The average Bonchev–Trinajstić information content (AvgIpc) is 3.48. The second-order valence-corrected chi connectivity index (χ2v) is 22.9. The van der Waals surface area contributed by atoms with Crippen LogP contribution in [0.2, 0.25) is 0 Å². The number of aliphatic hydroxyl groups excluding tert-OH is 2. The molecule has 1 unspecified atom stereocenters. The van der Waals surface area contributed by atoms with Crippen molar-refractivity contribution in [1.82, 2.24) is 4.90 Å². The Balaban J connectivity index is 0.0000128. The van der Waals surface area contributed by atoms with Crippen molar-refractivity contribution >= 4 is 23.4 Å². The molecule has 0 aromatic heterocycles. The van der Waals surface area contributed by atoms with E-state index in [1.807, 2.05) is 34.6 Å². The van der Waals surface area contributed by atoms with E-state index < -0.39 is 139 Å². The molecule has 1 aromatic rings. The van der Waals surface area contributed by atoms with Crippen LogP contribution in [-0.2, 0) is 73.1 Å². The molecule has 20 heteroatoms. The van der Waals surface area contributed by atoms with Crippen molar-refractivity contribution in [2.45, 2.75) is 227 Å². The Morgan fingerprint density at radius 1 is 0.831 bits per heavy atom. The summed E-state index contributed by atoms with van der Waals surface area (Å²) in [6, 6.07) is 6.25. The fraction of sp³-hybridized carbons (Fsp3) is 0.825. The van der Waals surface area contributed by atoms with E-state index in [9.17, 15) is 29.3 Å². The maximum atomic E-state index is 15.3. The number of rotatable bonds is 16. The van der Waals surface area contributed by atoms with Crippen molar-refractivity contribution in [2.75, 3.05) is 34.5 Å². The Morgan fingerprint density at radius 2 is 1.48 bits per heavy atom. The van der Waals surface area contributed by atoms with Crippen LogP contribution in [0.5, 0.6) is 0 Å². The van der Waals surface area contributed by atoms with Crippen LogP contribution in [0.4, 0.5) is 4.39 Å². The number of cyclic esters (lactones) is 1. The Labute approximate surface area is 457 Å². The van der Waals surface area contributed by atoms with E-state index in [1.54, 1.807) is 53.7 Å². The lowest BCUT2D eigenvalue weighted by molar-refractivity contribution is -0.305. The van der Waals surface area contributed by atoms with Crippen LogP contribution in [0.25, 0.3) is 0 Å². The van der Waals surface area contributed by atoms with Crippen molar-refractivity contribution in [3.05, 3.63) is 35.6 Å². The first-order valence-corrected chi connectivity index (χ1v) is 27.3. The Morgan fingerprint density at radius 3 is 2.09 bits per heavy atom. The van der Waals surface area contributed by atoms with Gasteiger partial charge in [0.25, 0.3) is 0 Å². The summed E-state index contributed by atoms with van der Waals surface area (Å²) in [5, 5.41) is 39.1. The van der Waals surface area contributed by atoms with Crippen LogP contribution >= 0.6 is 0 Å². The molecule has 5 rings (SSSR count). The Kier molecular flexibility index (Phi) is 25.4. The monoisotopic (exact) mass is 1100 g/mol.